The van der Waals surface area contributed by atoms with E-state index in [2.05, 4.69) is 10.3 Å². The van der Waals surface area contributed by atoms with Crippen LogP contribution < -0.4 is 19.5 Å². The second kappa shape index (κ2) is 8.86. The van der Waals surface area contributed by atoms with Crippen molar-refractivity contribution in [3.8, 4) is 28.7 Å². The molecule has 0 aliphatic carbocycles. The van der Waals surface area contributed by atoms with Gasteiger partial charge in [-0.15, -0.1) is 0 Å². The number of hydrogen-bond acceptors (Lipinski definition) is 9. The van der Waals surface area contributed by atoms with Gasteiger partial charge in [0, 0.05) is 19.7 Å². The molecule has 10 heteroatoms. The van der Waals surface area contributed by atoms with Gasteiger partial charge in [0.05, 0.1) is 24.2 Å². The van der Waals surface area contributed by atoms with Crippen molar-refractivity contribution in [2.45, 2.75) is 9.92 Å². The summed E-state index contributed by atoms with van der Waals surface area (Å²) in [7, 11) is -0.961. The Bertz CT molecular complexity index is 1170. The maximum Gasteiger partial charge on any atom is 0.233 e. The SMILES string of the molecule is COCCNc1oc(-c2ccccc2OC)nc1S(=O)(=O)c1ccc2c(c1)OCCO2. The van der Waals surface area contributed by atoms with Crippen LogP contribution in [-0.4, -0.2) is 54.0 Å². The zero-order valence-electron chi connectivity index (χ0n) is 17.1. The van der Waals surface area contributed by atoms with Crippen molar-refractivity contribution in [3.63, 3.8) is 0 Å². The Morgan fingerprint density at radius 1 is 1.06 bits per heavy atom. The van der Waals surface area contributed by atoms with E-state index in [-0.39, 0.29) is 21.7 Å². The highest BCUT2D eigenvalue weighted by Gasteiger charge is 2.30. The largest absolute Gasteiger partial charge is 0.496 e. The highest BCUT2D eigenvalue weighted by molar-refractivity contribution is 7.91. The van der Waals surface area contributed by atoms with Gasteiger partial charge in [-0.05, 0) is 24.3 Å². The Labute approximate surface area is 179 Å². The lowest BCUT2D eigenvalue weighted by Gasteiger charge is -2.18. The van der Waals surface area contributed by atoms with Gasteiger partial charge in [-0.25, -0.2) is 8.42 Å². The van der Waals surface area contributed by atoms with Crippen molar-refractivity contribution < 1.29 is 31.8 Å². The lowest BCUT2D eigenvalue weighted by Crippen LogP contribution is -2.16. The van der Waals surface area contributed by atoms with Gasteiger partial charge in [0.2, 0.25) is 26.6 Å². The summed E-state index contributed by atoms with van der Waals surface area (Å²) in [6.07, 6.45) is 0. The predicted molar refractivity (Wildman–Crippen MR) is 112 cm³/mol. The van der Waals surface area contributed by atoms with E-state index in [0.717, 1.165) is 0 Å². The number of benzene rings is 2. The molecule has 3 aromatic rings. The van der Waals surface area contributed by atoms with Crippen LogP contribution in [0.3, 0.4) is 0 Å². The van der Waals surface area contributed by atoms with Gasteiger partial charge in [-0.2, -0.15) is 4.98 Å². The molecule has 164 valence electrons. The van der Waals surface area contributed by atoms with Crippen molar-refractivity contribution in [3.05, 3.63) is 42.5 Å². The fourth-order valence-electron chi connectivity index (χ4n) is 3.11. The number of oxazole rings is 1. The van der Waals surface area contributed by atoms with Gasteiger partial charge in [0.25, 0.3) is 0 Å². The number of ether oxygens (including phenoxy) is 4. The van der Waals surface area contributed by atoms with E-state index < -0.39 is 9.84 Å². The highest BCUT2D eigenvalue weighted by atomic mass is 32.2. The molecule has 0 fully saturated rings. The summed E-state index contributed by atoms with van der Waals surface area (Å²) in [5.74, 6) is 1.52. The molecule has 0 atom stereocenters. The molecular weight excluding hydrogens is 424 g/mol. The average Bonchev–Trinajstić information content (AvgIpc) is 3.23. The second-order valence-corrected chi connectivity index (χ2v) is 8.45. The molecule has 2 heterocycles. The first-order valence-electron chi connectivity index (χ1n) is 9.56. The lowest BCUT2D eigenvalue weighted by molar-refractivity contribution is 0.171. The molecule has 0 spiro atoms. The number of methoxy groups -OCH3 is 2. The molecule has 9 nitrogen and oxygen atoms in total. The number of hydrogen-bond donors (Lipinski definition) is 1. The van der Waals surface area contributed by atoms with Crippen LogP contribution in [0.25, 0.3) is 11.5 Å². The van der Waals surface area contributed by atoms with Crippen LogP contribution in [-0.2, 0) is 14.6 Å². The summed E-state index contributed by atoms with van der Waals surface area (Å²) in [5.41, 5.74) is 0.531. The first-order valence-corrected chi connectivity index (χ1v) is 11.0. The van der Waals surface area contributed by atoms with E-state index in [9.17, 15) is 8.42 Å². The molecule has 0 bridgehead atoms. The zero-order valence-corrected chi connectivity index (χ0v) is 17.9. The maximum absolute atomic E-state index is 13.5. The van der Waals surface area contributed by atoms with Gasteiger partial charge in [-0.1, -0.05) is 12.1 Å². The first kappa shape index (κ1) is 21.0. The van der Waals surface area contributed by atoms with Gasteiger partial charge in [-0.3, -0.25) is 0 Å². The standard InChI is InChI=1S/C21H22N2O7S/c1-26-10-9-22-20-21(23-19(30-20)15-5-3-4-6-16(15)27-2)31(24,25)14-7-8-17-18(13-14)29-12-11-28-17/h3-8,13,22H,9-12H2,1-2H3. The first-order chi connectivity index (χ1) is 15.0. The van der Waals surface area contributed by atoms with Crippen molar-refractivity contribution in [1.29, 1.82) is 0 Å². The summed E-state index contributed by atoms with van der Waals surface area (Å²) in [4.78, 5) is 4.34. The molecule has 0 unspecified atom stereocenters. The van der Waals surface area contributed by atoms with E-state index in [4.69, 9.17) is 23.4 Å². The third kappa shape index (κ3) is 4.17. The molecule has 1 aromatic heterocycles. The molecule has 0 saturated carbocycles. The Balaban J connectivity index is 1.79. The van der Waals surface area contributed by atoms with Crippen molar-refractivity contribution >= 4 is 15.7 Å². The zero-order chi connectivity index (χ0) is 21.8. The van der Waals surface area contributed by atoms with Gasteiger partial charge in [0.15, 0.2) is 11.5 Å². The normalized spacial score (nSPS) is 13.1. The van der Waals surface area contributed by atoms with Crippen LogP contribution in [0.2, 0.25) is 0 Å². The van der Waals surface area contributed by atoms with Gasteiger partial charge >= 0.3 is 0 Å². The molecule has 0 radical (unpaired) electrons. The predicted octanol–water partition coefficient (Wildman–Crippen LogP) is 3.01. The number of sulfone groups is 1. The smallest absolute Gasteiger partial charge is 0.233 e. The molecular formula is C21H22N2O7S. The average molecular weight is 446 g/mol. The number of rotatable bonds is 8. The van der Waals surface area contributed by atoms with E-state index in [0.29, 0.717) is 49.2 Å². The number of nitrogens with zero attached hydrogens (tertiary/aromatic N) is 1. The number of fused-ring (bicyclic) bond motifs is 1. The topological polar surface area (TPSA) is 109 Å². The quantitative estimate of drug-likeness (QED) is 0.522. The van der Waals surface area contributed by atoms with Crippen LogP contribution in [0.1, 0.15) is 0 Å². The van der Waals surface area contributed by atoms with Crippen LogP contribution >= 0.6 is 0 Å². The molecule has 1 aliphatic heterocycles. The molecule has 1 aliphatic rings. The Morgan fingerprint density at radius 2 is 1.84 bits per heavy atom. The second-order valence-electron chi connectivity index (χ2n) is 6.58. The van der Waals surface area contributed by atoms with Crippen LogP contribution in [0.5, 0.6) is 17.2 Å². The maximum atomic E-state index is 13.5. The van der Waals surface area contributed by atoms with Gasteiger partial charge < -0.3 is 28.7 Å². The molecule has 1 N–H and O–H groups in total. The number of nitrogens with one attached hydrogen (secondary N) is 1. The third-order valence-corrected chi connectivity index (χ3v) is 6.26. The summed E-state index contributed by atoms with van der Waals surface area (Å²) in [6.45, 7) is 1.45. The summed E-state index contributed by atoms with van der Waals surface area (Å²) < 4.78 is 54.1. The monoisotopic (exact) mass is 446 g/mol. The minimum absolute atomic E-state index is 0.0198. The fourth-order valence-corrected chi connectivity index (χ4v) is 4.40. The van der Waals surface area contributed by atoms with Crippen LogP contribution in [0.15, 0.2) is 56.8 Å². The Morgan fingerprint density at radius 3 is 2.61 bits per heavy atom. The molecule has 31 heavy (non-hydrogen) atoms. The summed E-state index contributed by atoms with van der Waals surface area (Å²) >= 11 is 0. The molecule has 4 rings (SSSR count). The van der Waals surface area contributed by atoms with E-state index in [1.165, 1.54) is 19.2 Å². The highest BCUT2D eigenvalue weighted by Crippen LogP contribution is 2.38. The van der Waals surface area contributed by atoms with E-state index in [1.807, 2.05) is 0 Å². The lowest BCUT2D eigenvalue weighted by atomic mass is 10.2. The third-order valence-electron chi connectivity index (χ3n) is 4.60. The van der Waals surface area contributed by atoms with Crippen LogP contribution in [0.4, 0.5) is 5.88 Å². The molecule has 2 aromatic carbocycles. The summed E-state index contributed by atoms with van der Waals surface area (Å²) in [6, 6.07) is 11.5. The van der Waals surface area contributed by atoms with Crippen molar-refractivity contribution in [2.75, 3.05) is 45.9 Å². The van der Waals surface area contributed by atoms with E-state index in [1.54, 1.807) is 37.4 Å². The Kier molecular flexibility index (Phi) is 6.01. The minimum Gasteiger partial charge on any atom is -0.496 e. The molecule has 0 amide bonds. The molecule has 0 saturated heterocycles. The number of anilines is 1. The summed E-state index contributed by atoms with van der Waals surface area (Å²) in [5, 5.41) is 2.71. The fraction of sp³-hybridized carbons (Fsp3) is 0.286. The van der Waals surface area contributed by atoms with E-state index >= 15 is 0 Å². The van der Waals surface area contributed by atoms with Crippen molar-refractivity contribution in [2.24, 2.45) is 0 Å². The minimum atomic E-state index is -4.03. The number of aromatic nitrogens is 1. The number of para-hydroxylation sites is 1. The van der Waals surface area contributed by atoms with Crippen molar-refractivity contribution in [1.82, 2.24) is 4.98 Å². The van der Waals surface area contributed by atoms with Gasteiger partial charge in [0.1, 0.15) is 19.0 Å². The van der Waals surface area contributed by atoms with Crippen LogP contribution in [0, 0.1) is 0 Å². The Hall–Kier alpha value is -3.24.